The molecule has 0 unspecified atom stereocenters. The molecule has 0 saturated carbocycles. The third kappa shape index (κ3) is 5.81. The molecule has 1 heterocycles. The normalized spacial score (nSPS) is 16.1. The minimum Gasteiger partial charge on any atom is -0.489 e. The molecule has 24 heavy (non-hydrogen) atoms. The molecule has 1 saturated heterocycles. The number of nitro benzene ring substituents is 1. The van der Waals surface area contributed by atoms with Gasteiger partial charge in [-0.15, -0.1) is 11.6 Å². The fourth-order valence-electron chi connectivity index (χ4n) is 2.53. The number of alkyl halides is 1. The number of likely N-dealkylation sites (N-methyl/N-ethyl adjacent to an activating group) is 1. The zero-order valence-electron chi connectivity index (χ0n) is 13.9. The van der Waals surface area contributed by atoms with Gasteiger partial charge < -0.3 is 19.3 Å². The Morgan fingerprint density at radius 3 is 2.54 bits per heavy atom. The Morgan fingerprint density at radius 2 is 1.88 bits per heavy atom. The molecule has 0 bridgehead atoms. The molecular formula is C16H24ClN3O4. The van der Waals surface area contributed by atoms with Crippen molar-refractivity contribution < 1.29 is 14.4 Å². The van der Waals surface area contributed by atoms with E-state index in [0.29, 0.717) is 30.6 Å². The van der Waals surface area contributed by atoms with Crippen LogP contribution in [0.15, 0.2) is 18.2 Å². The van der Waals surface area contributed by atoms with Crippen LogP contribution in [0.25, 0.3) is 0 Å². The smallest absolute Gasteiger partial charge is 0.273 e. The summed E-state index contributed by atoms with van der Waals surface area (Å²) < 4.78 is 11.2. The molecule has 1 aliphatic rings. The lowest BCUT2D eigenvalue weighted by molar-refractivity contribution is -0.385. The van der Waals surface area contributed by atoms with E-state index in [-0.39, 0.29) is 5.69 Å². The first-order chi connectivity index (χ1) is 11.6. The highest BCUT2D eigenvalue weighted by Crippen LogP contribution is 2.31. The van der Waals surface area contributed by atoms with Crippen LogP contribution in [0.1, 0.15) is 6.42 Å². The van der Waals surface area contributed by atoms with Gasteiger partial charge >= 0.3 is 0 Å². The number of nitrogens with zero attached hydrogens (tertiary/aromatic N) is 3. The molecule has 0 aliphatic carbocycles. The summed E-state index contributed by atoms with van der Waals surface area (Å²) in [5, 5.41) is 10.9. The summed E-state index contributed by atoms with van der Waals surface area (Å²) in [5.41, 5.74) is -0.0118. The Balaban J connectivity index is 1.85. The number of non-ortho nitro benzene ring substituents is 1. The maximum absolute atomic E-state index is 10.9. The molecule has 0 radical (unpaired) electrons. The lowest BCUT2D eigenvalue weighted by Gasteiger charge is -2.32. The summed E-state index contributed by atoms with van der Waals surface area (Å²) in [6.07, 6.45) is 0.862. The first kappa shape index (κ1) is 18.8. The molecule has 7 nitrogen and oxygen atoms in total. The topological polar surface area (TPSA) is 68.1 Å². The van der Waals surface area contributed by atoms with Gasteiger partial charge in [0.05, 0.1) is 23.5 Å². The van der Waals surface area contributed by atoms with Crippen molar-refractivity contribution in [3.63, 3.8) is 0 Å². The molecule has 1 aromatic rings. The first-order valence-corrected chi connectivity index (χ1v) is 8.64. The van der Waals surface area contributed by atoms with Crippen molar-refractivity contribution >= 4 is 17.3 Å². The summed E-state index contributed by atoms with van der Waals surface area (Å²) in [7, 11) is 2.13. The van der Waals surface area contributed by atoms with Crippen molar-refractivity contribution in [2.45, 2.75) is 6.42 Å². The predicted octanol–water partition coefficient (Wildman–Crippen LogP) is 2.23. The van der Waals surface area contributed by atoms with Gasteiger partial charge in [-0.1, -0.05) is 0 Å². The van der Waals surface area contributed by atoms with Crippen LogP contribution in [-0.4, -0.2) is 73.6 Å². The summed E-state index contributed by atoms with van der Waals surface area (Å²) >= 11 is 5.63. The number of halogens is 1. The Hall–Kier alpha value is -1.57. The fourth-order valence-corrected chi connectivity index (χ4v) is 2.61. The van der Waals surface area contributed by atoms with Gasteiger partial charge in [-0.2, -0.15) is 0 Å². The minimum atomic E-state index is -0.442. The summed E-state index contributed by atoms with van der Waals surface area (Å²) in [6.45, 7) is 6.08. The number of hydrogen-bond donors (Lipinski definition) is 0. The molecule has 0 amide bonds. The van der Waals surface area contributed by atoms with E-state index in [0.717, 1.165) is 39.1 Å². The second kappa shape index (κ2) is 9.66. The largest absolute Gasteiger partial charge is 0.489 e. The highest BCUT2D eigenvalue weighted by molar-refractivity contribution is 6.18. The van der Waals surface area contributed by atoms with Crippen LogP contribution in [0.5, 0.6) is 11.5 Å². The SMILES string of the molecule is CN1CCN(CCCOc2cc([N+](=O)[O-])ccc2OCCCl)CC1. The van der Waals surface area contributed by atoms with Crippen LogP contribution in [0, 0.1) is 10.1 Å². The number of ether oxygens (including phenoxy) is 2. The number of rotatable bonds is 9. The van der Waals surface area contributed by atoms with Gasteiger partial charge in [-0.25, -0.2) is 0 Å². The van der Waals surface area contributed by atoms with Gasteiger partial charge in [0.15, 0.2) is 11.5 Å². The van der Waals surface area contributed by atoms with Crippen molar-refractivity contribution in [1.82, 2.24) is 9.80 Å². The third-order valence-corrected chi connectivity index (χ3v) is 4.10. The zero-order chi connectivity index (χ0) is 17.4. The Kier molecular flexibility index (Phi) is 7.55. The highest BCUT2D eigenvalue weighted by Gasteiger charge is 2.15. The quantitative estimate of drug-likeness (QED) is 0.292. The molecule has 2 rings (SSSR count). The summed E-state index contributed by atoms with van der Waals surface area (Å²) in [4.78, 5) is 15.2. The standard InChI is InChI=1S/C16H24ClN3O4/c1-18-7-9-19(10-8-18)6-2-11-23-16-13-14(20(21)22)3-4-15(16)24-12-5-17/h3-4,13H,2,5-12H2,1H3. The Bertz CT molecular complexity index is 536. The van der Waals surface area contributed by atoms with E-state index >= 15 is 0 Å². The van der Waals surface area contributed by atoms with E-state index in [1.165, 1.54) is 12.1 Å². The molecule has 8 heteroatoms. The van der Waals surface area contributed by atoms with Crippen LogP contribution in [0.3, 0.4) is 0 Å². The van der Waals surface area contributed by atoms with Crippen LogP contribution in [-0.2, 0) is 0 Å². The van der Waals surface area contributed by atoms with Gasteiger partial charge in [0.25, 0.3) is 5.69 Å². The van der Waals surface area contributed by atoms with Crippen molar-refractivity contribution in [3.05, 3.63) is 28.3 Å². The third-order valence-electron chi connectivity index (χ3n) is 3.94. The molecule has 0 spiro atoms. The van der Waals surface area contributed by atoms with Crippen LogP contribution < -0.4 is 9.47 Å². The second-order valence-corrected chi connectivity index (χ2v) is 6.15. The van der Waals surface area contributed by atoms with E-state index < -0.39 is 4.92 Å². The zero-order valence-corrected chi connectivity index (χ0v) is 14.7. The highest BCUT2D eigenvalue weighted by atomic mass is 35.5. The van der Waals surface area contributed by atoms with E-state index in [9.17, 15) is 10.1 Å². The molecule has 0 aromatic heterocycles. The Morgan fingerprint density at radius 1 is 1.17 bits per heavy atom. The van der Waals surface area contributed by atoms with Crippen LogP contribution in [0.4, 0.5) is 5.69 Å². The van der Waals surface area contributed by atoms with E-state index in [4.69, 9.17) is 21.1 Å². The van der Waals surface area contributed by atoms with E-state index in [2.05, 4.69) is 16.8 Å². The fraction of sp³-hybridized carbons (Fsp3) is 0.625. The molecule has 134 valence electrons. The minimum absolute atomic E-state index is 0.0118. The van der Waals surface area contributed by atoms with Gasteiger partial charge in [-0.3, -0.25) is 10.1 Å². The van der Waals surface area contributed by atoms with Crippen molar-refractivity contribution in [1.29, 1.82) is 0 Å². The maximum atomic E-state index is 10.9. The molecule has 1 fully saturated rings. The number of benzene rings is 1. The van der Waals surface area contributed by atoms with Crippen LogP contribution in [0.2, 0.25) is 0 Å². The predicted molar refractivity (Wildman–Crippen MR) is 93.4 cm³/mol. The molecule has 1 aromatic carbocycles. The Labute approximate surface area is 147 Å². The van der Waals surface area contributed by atoms with Crippen molar-refractivity contribution in [2.24, 2.45) is 0 Å². The lowest BCUT2D eigenvalue weighted by Crippen LogP contribution is -2.44. The average Bonchev–Trinajstić information content (AvgIpc) is 2.58. The summed E-state index contributed by atoms with van der Waals surface area (Å²) in [6, 6.07) is 4.36. The van der Waals surface area contributed by atoms with Gasteiger partial charge in [-0.05, 0) is 19.5 Å². The van der Waals surface area contributed by atoms with Crippen molar-refractivity contribution in [2.75, 3.05) is 58.9 Å². The van der Waals surface area contributed by atoms with Crippen LogP contribution >= 0.6 is 11.6 Å². The molecular weight excluding hydrogens is 334 g/mol. The molecule has 0 atom stereocenters. The second-order valence-electron chi connectivity index (χ2n) is 5.77. The number of piperazine rings is 1. The average molecular weight is 358 g/mol. The van der Waals surface area contributed by atoms with Crippen molar-refractivity contribution in [3.8, 4) is 11.5 Å². The van der Waals surface area contributed by atoms with Gasteiger partial charge in [0, 0.05) is 38.8 Å². The van der Waals surface area contributed by atoms with E-state index in [1.54, 1.807) is 6.07 Å². The first-order valence-electron chi connectivity index (χ1n) is 8.11. The molecule has 0 N–H and O–H groups in total. The van der Waals surface area contributed by atoms with Gasteiger partial charge in [0.1, 0.15) is 6.61 Å². The summed E-state index contributed by atoms with van der Waals surface area (Å²) in [5.74, 6) is 1.23. The van der Waals surface area contributed by atoms with E-state index in [1.807, 2.05) is 0 Å². The maximum Gasteiger partial charge on any atom is 0.273 e. The number of nitro groups is 1. The lowest BCUT2D eigenvalue weighted by atomic mass is 10.2. The molecule has 1 aliphatic heterocycles. The monoisotopic (exact) mass is 357 g/mol. The number of hydrogen-bond acceptors (Lipinski definition) is 6. The van der Waals surface area contributed by atoms with Gasteiger partial charge in [0.2, 0.25) is 0 Å².